The Balaban J connectivity index is 1.79. The minimum absolute atomic E-state index is 0.0723. The second-order valence-electron chi connectivity index (χ2n) is 6.57. The van der Waals surface area contributed by atoms with Crippen LogP contribution in [0.1, 0.15) is 32.3 Å². The number of nitrogens with zero attached hydrogens (tertiary/aromatic N) is 1. The number of allylic oxidation sites excluding steroid dienone is 2. The van der Waals surface area contributed by atoms with Crippen molar-refractivity contribution in [1.29, 1.82) is 0 Å². The first-order valence-corrected chi connectivity index (χ1v) is 7.81. The van der Waals surface area contributed by atoms with Gasteiger partial charge in [-0.05, 0) is 41.7 Å². The summed E-state index contributed by atoms with van der Waals surface area (Å²) in [4.78, 5) is 23.5. The Morgan fingerprint density at radius 3 is 2.62 bits per heavy atom. The summed E-state index contributed by atoms with van der Waals surface area (Å²) in [6.07, 6.45) is 4.43. The summed E-state index contributed by atoms with van der Waals surface area (Å²) in [6.45, 7) is 4.16. The largest absolute Gasteiger partial charge is 0.497 e. The maximum absolute atomic E-state index is 11.8. The topological polar surface area (TPSA) is 79.8 Å². The summed E-state index contributed by atoms with van der Waals surface area (Å²) in [5.74, 6) is 0.585. The predicted molar refractivity (Wildman–Crippen MR) is 92.8 cm³/mol. The third-order valence-corrected chi connectivity index (χ3v) is 3.65. The Kier molecular flexibility index (Phi) is 5.73. The molecule has 6 heteroatoms. The van der Waals surface area contributed by atoms with E-state index in [-0.39, 0.29) is 23.7 Å². The molecule has 0 heterocycles. The standard InChI is InChI=1S/C18H23N3O3/c1-18(2)9-14(8-15(22)10-18)19-12-17(23)21-20-11-13-4-6-16(24-3)7-5-13/h4-8,11,19H,9-10,12H2,1-3H3,(H,21,23)/b20-11+. The normalized spacial score (nSPS) is 16.6. The van der Waals surface area contributed by atoms with Gasteiger partial charge in [-0.2, -0.15) is 5.10 Å². The Morgan fingerprint density at radius 1 is 1.29 bits per heavy atom. The molecule has 0 unspecified atom stereocenters. The molecule has 0 aromatic heterocycles. The van der Waals surface area contributed by atoms with Crippen molar-refractivity contribution in [3.05, 3.63) is 41.6 Å². The zero-order valence-corrected chi connectivity index (χ0v) is 14.3. The number of hydrogen-bond acceptors (Lipinski definition) is 5. The summed E-state index contributed by atoms with van der Waals surface area (Å²) < 4.78 is 5.07. The van der Waals surface area contributed by atoms with Crippen LogP contribution >= 0.6 is 0 Å². The maximum atomic E-state index is 11.8. The lowest BCUT2D eigenvalue weighted by atomic mass is 9.79. The first kappa shape index (κ1) is 17.7. The summed E-state index contributed by atoms with van der Waals surface area (Å²) in [7, 11) is 1.60. The molecule has 24 heavy (non-hydrogen) atoms. The van der Waals surface area contributed by atoms with Crippen LogP contribution in [0, 0.1) is 5.41 Å². The van der Waals surface area contributed by atoms with Crippen LogP contribution in [0.4, 0.5) is 0 Å². The molecule has 0 saturated heterocycles. The van der Waals surface area contributed by atoms with Crippen LogP contribution in [0.25, 0.3) is 0 Å². The molecule has 1 aromatic rings. The zero-order valence-electron chi connectivity index (χ0n) is 14.3. The van der Waals surface area contributed by atoms with Gasteiger partial charge in [-0.1, -0.05) is 13.8 Å². The van der Waals surface area contributed by atoms with Gasteiger partial charge in [0.1, 0.15) is 5.75 Å². The van der Waals surface area contributed by atoms with E-state index in [9.17, 15) is 9.59 Å². The highest BCUT2D eigenvalue weighted by Gasteiger charge is 2.27. The lowest BCUT2D eigenvalue weighted by molar-refractivity contribution is -0.120. The van der Waals surface area contributed by atoms with E-state index in [0.29, 0.717) is 6.42 Å². The van der Waals surface area contributed by atoms with Crippen molar-refractivity contribution < 1.29 is 14.3 Å². The van der Waals surface area contributed by atoms with E-state index >= 15 is 0 Å². The van der Waals surface area contributed by atoms with Gasteiger partial charge in [0, 0.05) is 18.2 Å². The van der Waals surface area contributed by atoms with Gasteiger partial charge in [-0.15, -0.1) is 0 Å². The molecule has 1 amide bonds. The van der Waals surface area contributed by atoms with Gasteiger partial charge in [-0.25, -0.2) is 5.43 Å². The van der Waals surface area contributed by atoms with Crippen LogP contribution in [-0.2, 0) is 9.59 Å². The highest BCUT2D eigenvalue weighted by molar-refractivity contribution is 5.92. The number of carbonyl (C=O) groups excluding carboxylic acids is 2. The van der Waals surface area contributed by atoms with Gasteiger partial charge in [0.25, 0.3) is 5.91 Å². The summed E-state index contributed by atoms with van der Waals surface area (Å²) >= 11 is 0. The van der Waals surface area contributed by atoms with Crippen molar-refractivity contribution in [3.63, 3.8) is 0 Å². The number of amides is 1. The molecule has 6 nitrogen and oxygen atoms in total. The van der Waals surface area contributed by atoms with Crippen molar-refractivity contribution in [1.82, 2.24) is 10.7 Å². The number of carbonyl (C=O) groups is 2. The second kappa shape index (κ2) is 7.77. The predicted octanol–water partition coefficient (Wildman–Crippen LogP) is 2.01. The molecule has 0 saturated carbocycles. The van der Waals surface area contributed by atoms with Crippen LogP contribution in [0.15, 0.2) is 41.1 Å². The molecular weight excluding hydrogens is 306 g/mol. The fraction of sp³-hybridized carbons (Fsp3) is 0.389. The van der Waals surface area contributed by atoms with Gasteiger partial charge in [0.2, 0.25) is 0 Å². The molecule has 0 bridgehead atoms. The van der Waals surface area contributed by atoms with Crippen molar-refractivity contribution in [2.45, 2.75) is 26.7 Å². The fourth-order valence-corrected chi connectivity index (χ4v) is 2.56. The number of hydrazone groups is 1. The quantitative estimate of drug-likeness (QED) is 0.618. The van der Waals surface area contributed by atoms with Gasteiger partial charge in [0.05, 0.1) is 19.9 Å². The zero-order chi connectivity index (χ0) is 17.6. The number of ketones is 1. The second-order valence-corrected chi connectivity index (χ2v) is 6.57. The van der Waals surface area contributed by atoms with Crippen LogP contribution in [0.2, 0.25) is 0 Å². The monoisotopic (exact) mass is 329 g/mol. The van der Waals surface area contributed by atoms with Crippen molar-refractivity contribution in [2.24, 2.45) is 10.5 Å². The summed E-state index contributed by atoms with van der Waals surface area (Å²) in [5.41, 5.74) is 4.03. The Hall–Kier alpha value is -2.63. The average molecular weight is 329 g/mol. The Labute approximate surface area is 142 Å². The number of benzene rings is 1. The number of nitrogens with one attached hydrogen (secondary N) is 2. The first-order chi connectivity index (χ1) is 11.4. The molecule has 0 aliphatic heterocycles. The number of methoxy groups -OCH3 is 1. The van der Waals surface area contributed by atoms with E-state index in [1.165, 1.54) is 0 Å². The van der Waals surface area contributed by atoms with Gasteiger partial charge >= 0.3 is 0 Å². The smallest absolute Gasteiger partial charge is 0.259 e. The van der Waals surface area contributed by atoms with E-state index in [0.717, 1.165) is 23.4 Å². The highest BCUT2D eigenvalue weighted by Crippen LogP contribution is 2.32. The molecule has 128 valence electrons. The number of rotatable bonds is 6. The van der Waals surface area contributed by atoms with E-state index in [1.54, 1.807) is 19.4 Å². The van der Waals surface area contributed by atoms with E-state index in [1.807, 2.05) is 38.1 Å². The molecule has 0 spiro atoms. The van der Waals surface area contributed by atoms with E-state index in [4.69, 9.17) is 4.74 Å². The van der Waals surface area contributed by atoms with Crippen LogP contribution < -0.4 is 15.5 Å². The summed E-state index contributed by atoms with van der Waals surface area (Å²) in [6, 6.07) is 7.32. The highest BCUT2D eigenvalue weighted by atomic mass is 16.5. The Bertz CT molecular complexity index is 661. The average Bonchev–Trinajstić information content (AvgIpc) is 2.52. The molecule has 0 radical (unpaired) electrons. The molecule has 0 fully saturated rings. The lowest BCUT2D eigenvalue weighted by Gasteiger charge is -2.29. The number of hydrogen-bond donors (Lipinski definition) is 2. The molecule has 1 aliphatic rings. The van der Waals surface area contributed by atoms with Crippen LogP contribution in [-0.4, -0.2) is 31.6 Å². The van der Waals surface area contributed by atoms with Crippen molar-refractivity contribution in [3.8, 4) is 5.75 Å². The van der Waals surface area contributed by atoms with Gasteiger partial charge in [0.15, 0.2) is 5.78 Å². The molecule has 2 N–H and O–H groups in total. The van der Waals surface area contributed by atoms with E-state index < -0.39 is 0 Å². The number of ether oxygens (including phenoxy) is 1. The fourth-order valence-electron chi connectivity index (χ4n) is 2.56. The van der Waals surface area contributed by atoms with Crippen LogP contribution in [0.5, 0.6) is 5.75 Å². The SMILES string of the molecule is COc1ccc(/C=N/NC(=O)CNC2=CC(=O)CC(C)(C)C2)cc1. The van der Waals surface area contributed by atoms with E-state index in [2.05, 4.69) is 15.8 Å². The third kappa shape index (κ3) is 5.53. The maximum Gasteiger partial charge on any atom is 0.259 e. The minimum atomic E-state index is -0.267. The first-order valence-electron chi connectivity index (χ1n) is 7.81. The molecule has 1 aromatic carbocycles. The van der Waals surface area contributed by atoms with Crippen molar-refractivity contribution >= 4 is 17.9 Å². The molecule has 1 aliphatic carbocycles. The summed E-state index contributed by atoms with van der Waals surface area (Å²) in [5, 5.41) is 6.92. The Morgan fingerprint density at radius 2 is 2.00 bits per heavy atom. The lowest BCUT2D eigenvalue weighted by Crippen LogP contribution is -2.34. The van der Waals surface area contributed by atoms with Crippen LogP contribution in [0.3, 0.4) is 0 Å². The third-order valence-electron chi connectivity index (χ3n) is 3.65. The molecule has 0 atom stereocenters. The molecular formula is C18H23N3O3. The minimum Gasteiger partial charge on any atom is -0.497 e. The van der Waals surface area contributed by atoms with Gasteiger partial charge < -0.3 is 10.1 Å². The van der Waals surface area contributed by atoms with Gasteiger partial charge in [-0.3, -0.25) is 9.59 Å². The molecule has 2 rings (SSSR count). The van der Waals surface area contributed by atoms with Crippen molar-refractivity contribution in [2.75, 3.05) is 13.7 Å².